The highest BCUT2D eigenvalue weighted by atomic mass is 16.6. The summed E-state index contributed by atoms with van der Waals surface area (Å²) >= 11 is 0. The maximum Gasteiger partial charge on any atom is 0.282 e. The lowest BCUT2D eigenvalue weighted by atomic mass is 10.0. The number of nitro groups is 1. The molecule has 1 fully saturated rings. The SMILES string of the molecule is CC1CC(NC(=O)c2cc(O)ccc2[N+](=O)[O-])CCO1. The van der Waals surface area contributed by atoms with Crippen LogP contribution in [0.3, 0.4) is 0 Å². The highest BCUT2D eigenvalue weighted by Gasteiger charge is 2.25. The van der Waals surface area contributed by atoms with Crippen LogP contribution in [0.5, 0.6) is 5.75 Å². The number of amides is 1. The van der Waals surface area contributed by atoms with E-state index in [1.165, 1.54) is 6.07 Å². The van der Waals surface area contributed by atoms with Crippen LogP contribution in [0.4, 0.5) is 5.69 Å². The zero-order chi connectivity index (χ0) is 14.7. The monoisotopic (exact) mass is 280 g/mol. The number of benzene rings is 1. The molecule has 0 aliphatic carbocycles. The van der Waals surface area contributed by atoms with Gasteiger partial charge in [0.15, 0.2) is 0 Å². The Morgan fingerprint density at radius 1 is 1.55 bits per heavy atom. The summed E-state index contributed by atoms with van der Waals surface area (Å²) in [4.78, 5) is 22.4. The van der Waals surface area contributed by atoms with Crippen molar-refractivity contribution in [2.75, 3.05) is 6.61 Å². The summed E-state index contributed by atoms with van der Waals surface area (Å²) in [5.74, 6) is -0.729. The number of phenols is 1. The second-order valence-electron chi connectivity index (χ2n) is 4.83. The third kappa shape index (κ3) is 3.24. The quantitative estimate of drug-likeness (QED) is 0.646. The topological polar surface area (TPSA) is 102 Å². The van der Waals surface area contributed by atoms with E-state index in [1.54, 1.807) is 0 Å². The summed E-state index contributed by atoms with van der Waals surface area (Å²) < 4.78 is 5.38. The van der Waals surface area contributed by atoms with E-state index in [1.807, 2.05) is 6.92 Å². The van der Waals surface area contributed by atoms with Gasteiger partial charge in [0.25, 0.3) is 11.6 Å². The summed E-state index contributed by atoms with van der Waals surface area (Å²) in [6.07, 6.45) is 1.38. The summed E-state index contributed by atoms with van der Waals surface area (Å²) in [7, 11) is 0. The number of carbonyl (C=O) groups is 1. The van der Waals surface area contributed by atoms with Crippen LogP contribution >= 0.6 is 0 Å². The maximum atomic E-state index is 12.1. The lowest BCUT2D eigenvalue weighted by molar-refractivity contribution is -0.385. The van der Waals surface area contributed by atoms with Crippen LogP contribution in [0, 0.1) is 10.1 Å². The second kappa shape index (κ2) is 5.87. The number of carbonyl (C=O) groups excluding carboxylic acids is 1. The molecule has 1 saturated heterocycles. The molecule has 2 unspecified atom stereocenters. The third-order valence-corrected chi connectivity index (χ3v) is 3.24. The second-order valence-corrected chi connectivity index (χ2v) is 4.83. The van der Waals surface area contributed by atoms with Crippen LogP contribution in [-0.2, 0) is 4.74 Å². The molecule has 0 radical (unpaired) electrons. The molecule has 2 rings (SSSR count). The minimum Gasteiger partial charge on any atom is -0.508 e. The van der Waals surface area contributed by atoms with Gasteiger partial charge in [-0.05, 0) is 31.9 Å². The Hall–Kier alpha value is -2.15. The van der Waals surface area contributed by atoms with Crippen molar-refractivity contribution < 1.29 is 19.6 Å². The molecule has 7 heteroatoms. The highest BCUT2D eigenvalue weighted by Crippen LogP contribution is 2.24. The van der Waals surface area contributed by atoms with Gasteiger partial charge in [-0.1, -0.05) is 0 Å². The zero-order valence-electron chi connectivity index (χ0n) is 11.0. The Balaban J connectivity index is 2.16. The van der Waals surface area contributed by atoms with Gasteiger partial charge in [-0.25, -0.2) is 0 Å². The number of aromatic hydroxyl groups is 1. The number of phenolic OH excluding ortho intramolecular Hbond substituents is 1. The fourth-order valence-electron chi connectivity index (χ4n) is 2.26. The average molecular weight is 280 g/mol. The van der Waals surface area contributed by atoms with Crippen LogP contribution in [0.25, 0.3) is 0 Å². The summed E-state index contributed by atoms with van der Waals surface area (Å²) in [5, 5.41) is 23.1. The lowest BCUT2D eigenvalue weighted by Crippen LogP contribution is -2.41. The number of rotatable bonds is 3. The Morgan fingerprint density at radius 3 is 2.95 bits per heavy atom. The molecule has 0 bridgehead atoms. The van der Waals surface area contributed by atoms with Gasteiger partial charge in [-0.2, -0.15) is 0 Å². The zero-order valence-corrected chi connectivity index (χ0v) is 11.0. The number of nitro benzene ring substituents is 1. The van der Waals surface area contributed by atoms with Gasteiger partial charge in [0.05, 0.1) is 11.0 Å². The van der Waals surface area contributed by atoms with Gasteiger partial charge >= 0.3 is 0 Å². The van der Waals surface area contributed by atoms with Gasteiger partial charge in [-0.3, -0.25) is 14.9 Å². The molecule has 1 aliphatic heterocycles. The van der Waals surface area contributed by atoms with Gasteiger partial charge < -0.3 is 15.2 Å². The van der Waals surface area contributed by atoms with E-state index in [2.05, 4.69) is 5.32 Å². The van der Waals surface area contributed by atoms with Crippen molar-refractivity contribution in [2.45, 2.75) is 31.9 Å². The molecule has 1 amide bonds. The molecule has 0 aromatic heterocycles. The summed E-state index contributed by atoms with van der Waals surface area (Å²) in [5.41, 5.74) is -0.449. The number of nitrogens with zero attached hydrogens (tertiary/aromatic N) is 1. The van der Waals surface area contributed by atoms with E-state index >= 15 is 0 Å². The van der Waals surface area contributed by atoms with Gasteiger partial charge in [-0.15, -0.1) is 0 Å². The first-order valence-corrected chi connectivity index (χ1v) is 6.37. The van der Waals surface area contributed by atoms with Gasteiger partial charge in [0.1, 0.15) is 11.3 Å². The molecule has 20 heavy (non-hydrogen) atoms. The molecule has 1 heterocycles. The van der Waals surface area contributed by atoms with E-state index in [-0.39, 0.29) is 29.1 Å². The van der Waals surface area contributed by atoms with Crippen molar-refractivity contribution in [2.24, 2.45) is 0 Å². The van der Waals surface area contributed by atoms with E-state index in [4.69, 9.17) is 4.74 Å². The molecule has 7 nitrogen and oxygen atoms in total. The summed E-state index contributed by atoms with van der Waals surface area (Å²) in [6.45, 7) is 2.46. The van der Waals surface area contributed by atoms with Crippen LogP contribution in [-0.4, -0.2) is 34.7 Å². The Bertz CT molecular complexity index is 531. The fourth-order valence-corrected chi connectivity index (χ4v) is 2.26. The van der Waals surface area contributed by atoms with Crippen LogP contribution in [0.15, 0.2) is 18.2 Å². The number of nitrogens with one attached hydrogen (secondary N) is 1. The standard InChI is InChI=1S/C13H16N2O5/c1-8-6-9(4-5-20-8)14-13(17)11-7-10(16)2-3-12(11)15(18)19/h2-3,7-9,16H,4-6H2,1H3,(H,14,17). The molecule has 2 N–H and O–H groups in total. The first kappa shape index (κ1) is 14.3. The van der Waals surface area contributed by atoms with Crippen LogP contribution in [0.2, 0.25) is 0 Å². The van der Waals surface area contributed by atoms with Crippen LogP contribution in [0.1, 0.15) is 30.1 Å². The number of hydrogen-bond donors (Lipinski definition) is 2. The summed E-state index contributed by atoms with van der Waals surface area (Å²) in [6, 6.07) is 3.34. The van der Waals surface area contributed by atoms with Crippen LogP contribution < -0.4 is 5.32 Å². The van der Waals surface area contributed by atoms with Crippen molar-refractivity contribution in [1.29, 1.82) is 0 Å². The average Bonchev–Trinajstić information content (AvgIpc) is 2.38. The minimum atomic E-state index is -0.638. The van der Waals surface area contributed by atoms with Crippen molar-refractivity contribution in [3.05, 3.63) is 33.9 Å². The van der Waals surface area contributed by atoms with Gasteiger partial charge in [0, 0.05) is 18.7 Å². The maximum absolute atomic E-state index is 12.1. The predicted molar refractivity (Wildman–Crippen MR) is 70.7 cm³/mol. The molecule has 1 aromatic rings. The van der Waals surface area contributed by atoms with E-state index < -0.39 is 10.8 Å². The first-order chi connectivity index (χ1) is 9.47. The number of hydrogen-bond acceptors (Lipinski definition) is 5. The van der Waals surface area contributed by atoms with Gasteiger partial charge in [0.2, 0.25) is 0 Å². The predicted octanol–water partition coefficient (Wildman–Crippen LogP) is 1.60. The van der Waals surface area contributed by atoms with E-state index in [9.17, 15) is 20.0 Å². The third-order valence-electron chi connectivity index (χ3n) is 3.24. The lowest BCUT2D eigenvalue weighted by Gasteiger charge is -2.27. The first-order valence-electron chi connectivity index (χ1n) is 6.37. The molecule has 1 aliphatic rings. The molecule has 108 valence electrons. The molecule has 0 saturated carbocycles. The van der Waals surface area contributed by atoms with E-state index in [0.717, 1.165) is 12.1 Å². The van der Waals surface area contributed by atoms with Crippen molar-refractivity contribution in [1.82, 2.24) is 5.32 Å². The fraction of sp³-hybridized carbons (Fsp3) is 0.462. The molecular formula is C13H16N2O5. The molecule has 1 aromatic carbocycles. The van der Waals surface area contributed by atoms with E-state index in [0.29, 0.717) is 19.4 Å². The number of ether oxygens (including phenoxy) is 1. The minimum absolute atomic E-state index is 0.0493. The molecular weight excluding hydrogens is 264 g/mol. The molecule has 2 atom stereocenters. The highest BCUT2D eigenvalue weighted by molar-refractivity contribution is 5.98. The van der Waals surface area contributed by atoms with Crippen molar-refractivity contribution in [3.63, 3.8) is 0 Å². The Kier molecular flexibility index (Phi) is 4.19. The largest absolute Gasteiger partial charge is 0.508 e. The Labute approximate surface area is 115 Å². The van der Waals surface area contributed by atoms with Crippen molar-refractivity contribution >= 4 is 11.6 Å². The molecule has 0 spiro atoms. The van der Waals surface area contributed by atoms with Crippen molar-refractivity contribution in [3.8, 4) is 5.75 Å². The Morgan fingerprint density at radius 2 is 2.30 bits per heavy atom. The normalized spacial score (nSPS) is 22.2. The smallest absolute Gasteiger partial charge is 0.282 e.